The zero-order valence-electron chi connectivity index (χ0n) is 18.3. The molecule has 3 aromatic rings. The molecule has 0 saturated carbocycles. The SMILES string of the molecule is COc1ccc(-c2nc(CN3CCN(C(=O)CCc4c(C)noc4C)CC3)cs2)cc1. The van der Waals surface area contributed by atoms with Crippen molar-refractivity contribution in [2.45, 2.75) is 33.2 Å². The predicted molar refractivity (Wildman–Crippen MR) is 120 cm³/mol. The molecule has 7 nitrogen and oxygen atoms in total. The van der Waals surface area contributed by atoms with Gasteiger partial charge in [-0.05, 0) is 44.5 Å². The fourth-order valence-electron chi connectivity index (χ4n) is 3.88. The smallest absolute Gasteiger partial charge is 0.222 e. The van der Waals surface area contributed by atoms with E-state index in [0.717, 1.165) is 71.8 Å². The summed E-state index contributed by atoms with van der Waals surface area (Å²) in [6.45, 7) is 7.89. The van der Waals surface area contributed by atoms with Gasteiger partial charge in [-0.2, -0.15) is 0 Å². The van der Waals surface area contributed by atoms with E-state index in [9.17, 15) is 4.79 Å². The van der Waals surface area contributed by atoms with Gasteiger partial charge in [0.15, 0.2) is 0 Å². The molecule has 164 valence electrons. The fourth-order valence-corrected chi connectivity index (χ4v) is 4.70. The van der Waals surface area contributed by atoms with E-state index in [1.807, 2.05) is 43.0 Å². The molecule has 4 rings (SSSR count). The van der Waals surface area contributed by atoms with Gasteiger partial charge in [0.1, 0.15) is 16.5 Å². The second-order valence-corrected chi connectivity index (χ2v) is 8.69. The molecule has 1 aliphatic heterocycles. The maximum Gasteiger partial charge on any atom is 0.222 e. The predicted octanol–water partition coefficient (Wildman–Crippen LogP) is 3.70. The number of aryl methyl sites for hydroxylation is 2. The number of ether oxygens (including phenoxy) is 1. The van der Waals surface area contributed by atoms with Crippen molar-refractivity contribution in [3.05, 3.63) is 52.4 Å². The normalized spacial score (nSPS) is 14.7. The number of thiazole rings is 1. The number of piperazine rings is 1. The van der Waals surface area contributed by atoms with Gasteiger partial charge >= 0.3 is 0 Å². The first-order valence-electron chi connectivity index (χ1n) is 10.5. The molecule has 0 unspecified atom stereocenters. The molecule has 8 heteroatoms. The Kier molecular flexibility index (Phi) is 6.67. The van der Waals surface area contributed by atoms with Crippen LogP contribution in [0.3, 0.4) is 0 Å². The van der Waals surface area contributed by atoms with Crippen LogP contribution in [0.1, 0.15) is 29.1 Å². The highest BCUT2D eigenvalue weighted by atomic mass is 32.1. The van der Waals surface area contributed by atoms with Gasteiger partial charge < -0.3 is 14.2 Å². The fraction of sp³-hybridized carbons (Fsp3) is 0.435. The van der Waals surface area contributed by atoms with Crippen molar-refractivity contribution in [2.24, 2.45) is 0 Å². The molecule has 0 atom stereocenters. The molecule has 0 spiro atoms. The largest absolute Gasteiger partial charge is 0.497 e. The molecule has 0 aliphatic carbocycles. The van der Waals surface area contributed by atoms with Crippen LogP contribution in [-0.2, 0) is 17.8 Å². The Morgan fingerprint density at radius 3 is 2.55 bits per heavy atom. The monoisotopic (exact) mass is 440 g/mol. The number of amides is 1. The summed E-state index contributed by atoms with van der Waals surface area (Å²) in [6.07, 6.45) is 1.19. The third kappa shape index (κ3) is 5.14. The number of methoxy groups -OCH3 is 1. The van der Waals surface area contributed by atoms with E-state index >= 15 is 0 Å². The Morgan fingerprint density at radius 2 is 1.90 bits per heavy atom. The first kappa shape index (κ1) is 21.5. The van der Waals surface area contributed by atoms with E-state index in [4.69, 9.17) is 14.2 Å². The summed E-state index contributed by atoms with van der Waals surface area (Å²) >= 11 is 1.66. The van der Waals surface area contributed by atoms with E-state index in [-0.39, 0.29) is 5.91 Å². The average Bonchev–Trinajstić information content (AvgIpc) is 3.39. The topological polar surface area (TPSA) is 71.7 Å². The van der Waals surface area contributed by atoms with Crippen LogP contribution >= 0.6 is 11.3 Å². The minimum Gasteiger partial charge on any atom is -0.497 e. The molecule has 1 aromatic carbocycles. The Labute approximate surface area is 186 Å². The summed E-state index contributed by atoms with van der Waals surface area (Å²) in [4.78, 5) is 21.8. The highest BCUT2D eigenvalue weighted by molar-refractivity contribution is 7.13. The van der Waals surface area contributed by atoms with Gasteiger partial charge in [0, 0.05) is 55.7 Å². The van der Waals surface area contributed by atoms with Crippen LogP contribution in [0.4, 0.5) is 0 Å². The maximum atomic E-state index is 12.6. The lowest BCUT2D eigenvalue weighted by Crippen LogP contribution is -2.48. The van der Waals surface area contributed by atoms with E-state index in [1.165, 1.54) is 0 Å². The van der Waals surface area contributed by atoms with Crippen molar-refractivity contribution in [1.82, 2.24) is 19.9 Å². The number of aromatic nitrogens is 2. The number of benzene rings is 1. The van der Waals surface area contributed by atoms with Crippen molar-refractivity contribution in [3.63, 3.8) is 0 Å². The van der Waals surface area contributed by atoms with Gasteiger partial charge in [-0.3, -0.25) is 9.69 Å². The van der Waals surface area contributed by atoms with Crippen LogP contribution in [0.15, 0.2) is 34.2 Å². The molecular weight excluding hydrogens is 412 g/mol. The highest BCUT2D eigenvalue weighted by Gasteiger charge is 2.22. The van der Waals surface area contributed by atoms with E-state index in [0.29, 0.717) is 12.8 Å². The van der Waals surface area contributed by atoms with Crippen LogP contribution in [0, 0.1) is 13.8 Å². The Bertz CT molecular complexity index is 1000. The molecule has 0 radical (unpaired) electrons. The number of nitrogens with zero attached hydrogens (tertiary/aromatic N) is 4. The van der Waals surface area contributed by atoms with Crippen molar-refractivity contribution in [1.29, 1.82) is 0 Å². The molecule has 0 bridgehead atoms. The van der Waals surface area contributed by atoms with Crippen molar-refractivity contribution >= 4 is 17.2 Å². The molecular formula is C23H28N4O3S. The lowest BCUT2D eigenvalue weighted by molar-refractivity contribution is -0.133. The standard InChI is InChI=1S/C23H28N4O3S/c1-16-21(17(2)30-25-16)8-9-22(28)27-12-10-26(11-13-27)14-19-15-31-23(24-19)18-4-6-20(29-3)7-5-18/h4-7,15H,8-14H2,1-3H3. The summed E-state index contributed by atoms with van der Waals surface area (Å²) in [7, 11) is 1.67. The summed E-state index contributed by atoms with van der Waals surface area (Å²) < 4.78 is 10.4. The molecule has 1 fully saturated rings. The van der Waals surface area contributed by atoms with E-state index in [1.54, 1.807) is 18.4 Å². The molecule has 1 amide bonds. The summed E-state index contributed by atoms with van der Waals surface area (Å²) in [6, 6.07) is 7.99. The number of rotatable bonds is 7. The van der Waals surface area contributed by atoms with Gasteiger partial charge in [-0.15, -0.1) is 11.3 Å². The van der Waals surface area contributed by atoms with Gasteiger partial charge in [0.2, 0.25) is 5.91 Å². The number of hydrogen-bond donors (Lipinski definition) is 0. The van der Waals surface area contributed by atoms with Gasteiger partial charge in [0.25, 0.3) is 0 Å². The third-order valence-corrected chi connectivity index (χ3v) is 6.71. The van der Waals surface area contributed by atoms with Crippen LogP contribution < -0.4 is 4.74 Å². The Hall–Kier alpha value is -2.71. The minimum absolute atomic E-state index is 0.204. The lowest BCUT2D eigenvalue weighted by Gasteiger charge is -2.34. The maximum absolute atomic E-state index is 12.6. The summed E-state index contributed by atoms with van der Waals surface area (Å²) in [5, 5.41) is 7.11. The van der Waals surface area contributed by atoms with Gasteiger partial charge in [-0.25, -0.2) is 4.98 Å². The molecule has 0 N–H and O–H groups in total. The lowest BCUT2D eigenvalue weighted by atomic mass is 10.1. The third-order valence-electron chi connectivity index (χ3n) is 5.77. The van der Waals surface area contributed by atoms with Gasteiger partial charge in [-0.1, -0.05) is 5.16 Å². The highest BCUT2D eigenvalue weighted by Crippen LogP contribution is 2.26. The quantitative estimate of drug-likeness (QED) is 0.558. The first-order chi connectivity index (χ1) is 15.0. The van der Waals surface area contributed by atoms with Crippen LogP contribution in [-0.4, -0.2) is 59.1 Å². The van der Waals surface area contributed by atoms with Gasteiger partial charge in [0.05, 0.1) is 18.5 Å². The second kappa shape index (κ2) is 9.62. The van der Waals surface area contributed by atoms with E-state index in [2.05, 4.69) is 15.4 Å². The van der Waals surface area contributed by atoms with Crippen LogP contribution in [0.2, 0.25) is 0 Å². The van der Waals surface area contributed by atoms with Crippen LogP contribution in [0.25, 0.3) is 10.6 Å². The Morgan fingerprint density at radius 1 is 1.16 bits per heavy atom. The molecule has 3 heterocycles. The minimum atomic E-state index is 0.204. The number of hydrogen-bond acceptors (Lipinski definition) is 7. The zero-order valence-corrected chi connectivity index (χ0v) is 19.1. The van der Waals surface area contributed by atoms with Crippen molar-refractivity contribution < 1.29 is 14.1 Å². The summed E-state index contributed by atoms with van der Waals surface area (Å²) in [5.41, 5.74) is 4.12. The molecule has 2 aromatic heterocycles. The van der Waals surface area contributed by atoms with Crippen molar-refractivity contribution in [3.8, 4) is 16.3 Å². The van der Waals surface area contributed by atoms with Crippen LogP contribution in [0.5, 0.6) is 5.75 Å². The Balaban J connectivity index is 1.25. The first-order valence-corrected chi connectivity index (χ1v) is 11.4. The van der Waals surface area contributed by atoms with Crippen molar-refractivity contribution in [2.75, 3.05) is 33.3 Å². The average molecular weight is 441 g/mol. The number of carbonyl (C=O) groups excluding carboxylic acids is 1. The second-order valence-electron chi connectivity index (χ2n) is 7.83. The number of carbonyl (C=O) groups is 1. The summed E-state index contributed by atoms with van der Waals surface area (Å²) in [5.74, 6) is 1.86. The molecule has 31 heavy (non-hydrogen) atoms. The van der Waals surface area contributed by atoms with E-state index < -0.39 is 0 Å². The molecule has 1 aliphatic rings. The zero-order chi connectivity index (χ0) is 21.8. The molecule has 1 saturated heterocycles.